The first-order valence-corrected chi connectivity index (χ1v) is 10.9. The first-order chi connectivity index (χ1) is 12.5. The second-order valence-corrected chi connectivity index (χ2v) is 9.60. The number of thiophene rings is 3. The monoisotopic (exact) mass is 401 g/mol. The molecule has 0 atom stereocenters. The number of fused-ring (bicyclic) bond motifs is 1. The summed E-state index contributed by atoms with van der Waals surface area (Å²) in [5.41, 5.74) is 2.26. The summed E-state index contributed by atoms with van der Waals surface area (Å²) in [4.78, 5) is 27.1. The molecular formula is C19H19N3OS3. The van der Waals surface area contributed by atoms with Gasteiger partial charge in [-0.3, -0.25) is 9.69 Å². The number of aromatic amines is 1. The van der Waals surface area contributed by atoms with Gasteiger partial charge in [-0.1, -0.05) is 0 Å². The predicted octanol–water partition coefficient (Wildman–Crippen LogP) is 5.02. The first kappa shape index (κ1) is 17.6. The SMILES string of the molecule is Cc1ccc(-c2csc3nc(CN(C)Cc4sccc4C)[nH]c(=O)c23)s1. The summed E-state index contributed by atoms with van der Waals surface area (Å²) < 4.78 is 0. The van der Waals surface area contributed by atoms with Crippen molar-refractivity contribution in [2.75, 3.05) is 7.05 Å². The van der Waals surface area contributed by atoms with Crippen LogP contribution in [0.3, 0.4) is 0 Å². The second kappa shape index (κ2) is 7.08. The predicted molar refractivity (Wildman–Crippen MR) is 113 cm³/mol. The number of nitrogens with zero attached hydrogens (tertiary/aromatic N) is 2. The molecule has 4 nitrogen and oxygen atoms in total. The van der Waals surface area contributed by atoms with Gasteiger partial charge in [0.2, 0.25) is 0 Å². The van der Waals surface area contributed by atoms with Crippen molar-refractivity contribution in [3.05, 3.63) is 60.5 Å². The van der Waals surface area contributed by atoms with Crippen molar-refractivity contribution in [3.63, 3.8) is 0 Å². The molecular weight excluding hydrogens is 382 g/mol. The zero-order valence-corrected chi connectivity index (χ0v) is 17.3. The van der Waals surface area contributed by atoms with E-state index in [2.05, 4.69) is 54.4 Å². The molecule has 0 saturated heterocycles. The molecule has 0 aliphatic rings. The lowest BCUT2D eigenvalue weighted by atomic mass is 10.2. The molecule has 0 radical (unpaired) electrons. The van der Waals surface area contributed by atoms with Crippen molar-refractivity contribution in [1.82, 2.24) is 14.9 Å². The van der Waals surface area contributed by atoms with E-state index < -0.39 is 0 Å². The van der Waals surface area contributed by atoms with Crippen molar-refractivity contribution >= 4 is 44.2 Å². The van der Waals surface area contributed by atoms with E-state index in [-0.39, 0.29) is 5.56 Å². The van der Waals surface area contributed by atoms with Gasteiger partial charge in [0.1, 0.15) is 10.7 Å². The summed E-state index contributed by atoms with van der Waals surface area (Å²) >= 11 is 5.01. The Morgan fingerprint density at radius 2 is 2.00 bits per heavy atom. The van der Waals surface area contributed by atoms with Crippen LogP contribution >= 0.6 is 34.0 Å². The Balaban J connectivity index is 1.62. The van der Waals surface area contributed by atoms with Gasteiger partial charge in [0.25, 0.3) is 5.56 Å². The molecule has 0 bridgehead atoms. The highest BCUT2D eigenvalue weighted by Gasteiger charge is 2.15. The van der Waals surface area contributed by atoms with Crippen LogP contribution in [0, 0.1) is 13.8 Å². The van der Waals surface area contributed by atoms with Crippen molar-refractivity contribution in [1.29, 1.82) is 0 Å². The molecule has 4 aromatic heterocycles. The summed E-state index contributed by atoms with van der Waals surface area (Å²) in [6.45, 7) is 5.68. The Labute approximate surface area is 163 Å². The molecule has 0 amide bonds. The Morgan fingerprint density at radius 3 is 2.69 bits per heavy atom. The third-order valence-corrected chi connectivity index (χ3v) is 7.21. The Hall–Kier alpha value is -1.80. The van der Waals surface area contributed by atoms with E-state index in [1.165, 1.54) is 15.3 Å². The number of aryl methyl sites for hydroxylation is 2. The summed E-state index contributed by atoms with van der Waals surface area (Å²) in [5, 5.41) is 4.86. The standard InChI is InChI=1S/C19H19N3OS3/c1-11-6-7-24-15(11)8-22(3)9-16-20-18(23)17-13(10-25-19(17)21-16)14-5-4-12(2)26-14/h4-7,10H,8-9H2,1-3H3,(H,20,21,23). The third kappa shape index (κ3) is 3.40. The summed E-state index contributed by atoms with van der Waals surface area (Å²) in [6.07, 6.45) is 0. The number of aromatic nitrogens is 2. The Kier molecular flexibility index (Phi) is 4.79. The highest BCUT2D eigenvalue weighted by atomic mass is 32.1. The number of hydrogen-bond donors (Lipinski definition) is 1. The normalized spacial score (nSPS) is 11.7. The summed E-state index contributed by atoms with van der Waals surface area (Å²) in [5.74, 6) is 0.718. The highest BCUT2D eigenvalue weighted by Crippen LogP contribution is 2.35. The highest BCUT2D eigenvalue weighted by molar-refractivity contribution is 7.19. The van der Waals surface area contributed by atoms with Crippen molar-refractivity contribution < 1.29 is 0 Å². The minimum Gasteiger partial charge on any atom is -0.309 e. The average Bonchev–Trinajstić information content (AvgIpc) is 3.28. The minimum atomic E-state index is -0.0481. The lowest BCUT2D eigenvalue weighted by Gasteiger charge is -2.15. The first-order valence-electron chi connectivity index (χ1n) is 8.30. The number of nitrogens with one attached hydrogen (secondary N) is 1. The van der Waals surface area contributed by atoms with Crippen LogP contribution in [0.2, 0.25) is 0 Å². The van der Waals surface area contributed by atoms with Crippen molar-refractivity contribution in [3.8, 4) is 10.4 Å². The number of hydrogen-bond acceptors (Lipinski definition) is 6. The van der Waals surface area contributed by atoms with E-state index >= 15 is 0 Å². The van der Waals surface area contributed by atoms with Crippen LogP contribution in [0.4, 0.5) is 0 Å². The average molecular weight is 402 g/mol. The maximum atomic E-state index is 12.7. The largest absolute Gasteiger partial charge is 0.309 e. The summed E-state index contributed by atoms with van der Waals surface area (Å²) in [6, 6.07) is 6.30. The van der Waals surface area contributed by atoms with Gasteiger partial charge in [-0.15, -0.1) is 34.0 Å². The van der Waals surface area contributed by atoms with Gasteiger partial charge in [0.05, 0.1) is 11.9 Å². The molecule has 0 aliphatic heterocycles. The van der Waals surface area contributed by atoms with Gasteiger partial charge in [-0.05, 0) is 50.0 Å². The topological polar surface area (TPSA) is 49.0 Å². The number of rotatable bonds is 5. The van der Waals surface area contributed by atoms with E-state index in [1.54, 1.807) is 34.0 Å². The molecule has 0 aromatic carbocycles. The van der Waals surface area contributed by atoms with E-state index in [4.69, 9.17) is 4.98 Å². The van der Waals surface area contributed by atoms with Crippen LogP contribution in [0.5, 0.6) is 0 Å². The van der Waals surface area contributed by atoms with Crippen LogP contribution in [0.25, 0.3) is 20.7 Å². The van der Waals surface area contributed by atoms with Crippen LogP contribution in [-0.2, 0) is 13.1 Å². The van der Waals surface area contributed by atoms with Crippen LogP contribution in [-0.4, -0.2) is 21.9 Å². The third-order valence-electron chi connectivity index (χ3n) is 4.30. The van der Waals surface area contributed by atoms with E-state index in [0.29, 0.717) is 11.9 Å². The van der Waals surface area contributed by atoms with Crippen LogP contribution in [0.15, 0.2) is 33.8 Å². The van der Waals surface area contributed by atoms with E-state index in [1.807, 2.05) is 5.38 Å². The molecule has 134 valence electrons. The van der Waals surface area contributed by atoms with E-state index in [0.717, 1.165) is 27.6 Å². The molecule has 4 rings (SSSR count). The fourth-order valence-electron chi connectivity index (χ4n) is 2.95. The molecule has 7 heteroatoms. The van der Waals surface area contributed by atoms with Crippen LogP contribution in [0.1, 0.15) is 21.1 Å². The maximum absolute atomic E-state index is 12.7. The zero-order valence-electron chi connectivity index (χ0n) is 14.8. The molecule has 4 heterocycles. The number of H-pyrrole nitrogens is 1. The van der Waals surface area contributed by atoms with Crippen LogP contribution < -0.4 is 5.56 Å². The molecule has 4 aromatic rings. The van der Waals surface area contributed by atoms with Gasteiger partial charge in [-0.25, -0.2) is 4.98 Å². The molecule has 0 unspecified atom stereocenters. The smallest absolute Gasteiger partial charge is 0.260 e. The maximum Gasteiger partial charge on any atom is 0.260 e. The fraction of sp³-hybridized carbons (Fsp3) is 0.263. The zero-order chi connectivity index (χ0) is 18.3. The summed E-state index contributed by atoms with van der Waals surface area (Å²) in [7, 11) is 2.05. The van der Waals surface area contributed by atoms with Gasteiger partial charge in [0, 0.05) is 32.1 Å². The van der Waals surface area contributed by atoms with Gasteiger partial charge in [-0.2, -0.15) is 0 Å². The molecule has 0 spiro atoms. The fourth-order valence-corrected chi connectivity index (χ4v) is 5.86. The molecule has 26 heavy (non-hydrogen) atoms. The Bertz CT molecular complexity index is 1120. The molecule has 0 fully saturated rings. The van der Waals surface area contributed by atoms with Crippen molar-refractivity contribution in [2.24, 2.45) is 0 Å². The molecule has 0 aliphatic carbocycles. The molecule has 0 saturated carbocycles. The lowest BCUT2D eigenvalue weighted by Crippen LogP contribution is -2.21. The minimum absolute atomic E-state index is 0.0481. The van der Waals surface area contributed by atoms with Gasteiger partial charge < -0.3 is 4.98 Å². The lowest BCUT2D eigenvalue weighted by molar-refractivity contribution is 0.313. The Morgan fingerprint density at radius 1 is 1.15 bits per heavy atom. The quantitative estimate of drug-likeness (QED) is 0.511. The molecule has 1 N–H and O–H groups in total. The van der Waals surface area contributed by atoms with Gasteiger partial charge in [0.15, 0.2) is 0 Å². The van der Waals surface area contributed by atoms with E-state index in [9.17, 15) is 4.79 Å². The van der Waals surface area contributed by atoms with Crippen molar-refractivity contribution in [2.45, 2.75) is 26.9 Å². The van der Waals surface area contributed by atoms with Gasteiger partial charge >= 0.3 is 0 Å². The second-order valence-electron chi connectivity index (χ2n) is 6.45.